The van der Waals surface area contributed by atoms with Gasteiger partial charge in [-0.25, -0.2) is 15.0 Å². The van der Waals surface area contributed by atoms with Crippen LogP contribution in [0.15, 0.2) is 17.9 Å². The van der Waals surface area contributed by atoms with Crippen LogP contribution in [0.25, 0.3) is 0 Å². The zero-order chi connectivity index (χ0) is 13.2. The Bertz CT molecular complexity index is 571. The van der Waals surface area contributed by atoms with Gasteiger partial charge in [0.15, 0.2) is 5.82 Å². The van der Waals surface area contributed by atoms with Gasteiger partial charge >= 0.3 is 0 Å². The van der Waals surface area contributed by atoms with Crippen LogP contribution in [0, 0.1) is 6.92 Å². The van der Waals surface area contributed by atoms with E-state index < -0.39 is 0 Å². The molecule has 0 aliphatic carbocycles. The second-order valence-corrected chi connectivity index (χ2v) is 6.10. The van der Waals surface area contributed by atoms with E-state index in [0.717, 1.165) is 31.0 Å². The van der Waals surface area contributed by atoms with Crippen molar-refractivity contribution in [2.75, 3.05) is 18.0 Å². The summed E-state index contributed by atoms with van der Waals surface area (Å²) in [5, 5.41) is 3.97. The first-order valence-corrected chi connectivity index (χ1v) is 7.62. The average molecular weight is 295 g/mol. The normalized spacial score (nSPS) is 19.7. The van der Waals surface area contributed by atoms with Crippen LogP contribution in [-0.4, -0.2) is 28.0 Å². The van der Waals surface area contributed by atoms with Gasteiger partial charge in [-0.1, -0.05) is 11.6 Å². The molecule has 0 aromatic carbocycles. The minimum atomic E-state index is 0.485. The second kappa shape index (κ2) is 5.43. The van der Waals surface area contributed by atoms with E-state index in [2.05, 4.69) is 25.2 Å². The summed E-state index contributed by atoms with van der Waals surface area (Å²) in [6, 6.07) is 0. The van der Waals surface area contributed by atoms with Crippen LogP contribution in [0.1, 0.15) is 29.5 Å². The molecule has 3 rings (SSSR count). The fraction of sp³-hybridized carbons (Fsp3) is 0.462. The maximum absolute atomic E-state index is 6.18. The molecule has 3 heterocycles. The maximum atomic E-state index is 6.18. The molecule has 1 aliphatic rings. The third-order valence-corrected chi connectivity index (χ3v) is 4.75. The Balaban J connectivity index is 1.80. The predicted octanol–water partition coefficient (Wildman–Crippen LogP) is 3.28. The van der Waals surface area contributed by atoms with Crippen LogP contribution in [0.2, 0.25) is 5.02 Å². The summed E-state index contributed by atoms with van der Waals surface area (Å²) in [4.78, 5) is 15.1. The molecule has 2 aromatic heterocycles. The van der Waals surface area contributed by atoms with Crippen LogP contribution < -0.4 is 4.90 Å². The average Bonchev–Trinajstić information content (AvgIpc) is 2.86. The SMILES string of the molecule is Cc1csc(C2CCCN(c3ncncc3Cl)C2)n1. The molecule has 0 bridgehead atoms. The highest BCUT2D eigenvalue weighted by molar-refractivity contribution is 7.09. The van der Waals surface area contributed by atoms with Crippen molar-refractivity contribution in [2.24, 2.45) is 0 Å². The molecule has 100 valence electrons. The Morgan fingerprint density at radius 3 is 3.11 bits per heavy atom. The highest BCUT2D eigenvalue weighted by Crippen LogP contribution is 2.32. The molecule has 0 amide bonds. The third kappa shape index (κ3) is 2.72. The van der Waals surface area contributed by atoms with Crippen LogP contribution in [-0.2, 0) is 0 Å². The lowest BCUT2D eigenvalue weighted by molar-refractivity contribution is 0.505. The molecule has 1 saturated heterocycles. The van der Waals surface area contributed by atoms with Crippen molar-refractivity contribution in [3.05, 3.63) is 33.6 Å². The van der Waals surface area contributed by atoms with Crippen molar-refractivity contribution in [2.45, 2.75) is 25.7 Å². The van der Waals surface area contributed by atoms with E-state index in [1.807, 2.05) is 6.92 Å². The third-order valence-electron chi connectivity index (χ3n) is 3.36. The van der Waals surface area contributed by atoms with Crippen LogP contribution in [0.5, 0.6) is 0 Å². The molecule has 0 saturated carbocycles. The number of aromatic nitrogens is 3. The van der Waals surface area contributed by atoms with Gasteiger partial charge in [0.2, 0.25) is 0 Å². The van der Waals surface area contributed by atoms with E-state index in [9.17, 15) is 0 Å². The van der Waals surface area contributed by atoms with Crippen molar-refractivity contribution >= 4 is 28.8 Å². The largest absolute Gasteiger partial charge is 0.355 e. The molecule has 0 spiro atoms. The summed E-state index contributed by atoms with van der Waals surface area (Å²) in [5.41, 5.74) is 1.11. The van der Waals surface area contributed by atoms with Crippen molar-refractivity contribution in [1.29, 1.82) is 0 Å². The van der Waals surface area contributed by atoms with Gasteiger partial charge in [0.25, 0.3) is 0 Å². The fourth-order valence-electron chi connectivity index (χ4n) is 2.47. The molecule has 0 N–H and O–H groups in total. The van der Waals surface area contributed by atoms with Gasteiger partial charge in [0.05, 0.1) is 11.2 Å². The first-order valence-electron chi connectivity index (χ1n) is 6.36. The van der Waals surface area contributed by atoms with Gasteiger partial charge in [0, 0.05) is 30.1 Å². The molecule has 2 aromatic rings. The van der Waals surface area contributed by atoms with Crippen molar-refractivity contribution in [3.63, 3.8) is 0 Å². The second-order valence-electron chi connectivity index (χ2n) is 4.81. The molecule has 0 radical (unpaired) electrons. The van der Waals surface area contributed by atoms with E-state index >= 15 is 0 Å². The first kappa shape index (κ1) is 12.8. The van der Waals surface area contributed by atoms with Gasteiger partial charge in [-0.3, -0.25) is 0 Å². The summed E-state index contributed by atoms with van der Waals surface area (Å²) < 4.78 is 0. The molecule has 1 fully saturated rings. The number of anilines is 1. The Morgan fingerprint density at radius 1 is 1.47 bits per heavy atom. The van der Waals surface area contributed by atoms with Gasteiger partial charge in [-0.15, -0.1) is 11.3 Å². The van der Waals surface area contributed by atoms with Gasteiger partial charge in [-0.2, -0.15) is 0 Å². The number of aryl methyl sites for hydroxylation is 1. The quantitative estimate of drug-likeness (QED) is 0.852. The molecule has 1 aliphatic heterocycles. The fourth-order valence-corrected chi connectivity index (χ4v) is 3.62. The number of hydrogen-bond acceptors (Lipinski definition) is 5. The summed E-state index contributed by atoms with van der Waals surface area (Å²) in [5.74, 6) is 1.33. The number of halogens is 1. The van der Waals surface area contributed by atoms with Crippen molar-refractivity contribution < 1.29 is 0 Å². The number of hydrogen-bond donors (Lipinski definition) is 0. The lowest BCUT2D eigenvalue weighted by Gasteiger charge is -2.32. The highest BCUT2D eigenvalue weighted by Gasteiger charge is 2.25. The summed E-state index contributed by atoms with van der Waals surface area (Å²) in [7, 11) is 0. The Labute approximate surface area is 121 Å². The summed E-state index contributed by atoms with van der Waals surface area (Å²) in [6.07, 6.45) is 5.54. The smallest absolute Gasteiger partial charge is 0.150 e. The maximum Gasteiger partial charge on any atom is 0.150 e. The zero-order valence-corrected chi connectivity index (χ0v) is 12.3. The number of piperidine rings is 1. The Hall–Kier alpha value is -1.20. The summed E-state index contributed by atoms with van der Waals surface area (Å²) in [6.45, 7) is 3.98. The number of rotatable bonds is 2. The van der Waals surface area contributed by atoms with E-state index in [1.54, 1.807) is 23.9 Å². The van der Waals surface area contributed by atoms with E-state index in [-0.39, 0.29) is 0 Å². The van der Waals surface area contributed by atoms with Crippen molar-refractivity contribution in [3.8, 4) is 0 Å². The monoisotopic (exact) mass is 294 g/mol. The first-order chi connectivity index (χ1) is 9.24. The minimum Gasteiger partial charge on any atom is -0.355 e. The lowest BCUT2D eigenvalue weighted by atomic mass is 9.99. The molecular weight excluding hydrogens is 280 g/mol. The van der Waals surface area contributed by atoms with Crippen LogP contribution in [0.3, 0.4) is 0 Å². The Kier molecular flexibility index (Phi) is 3.66. The standard InChI is InChI=1S/C13H15ClN4S/c1-9-7-19-13(17-9)10-3-2-4-18(6-10)12-11(14)5-15-8-16-12/h5,7-8,10H,2-4,6H2,1H3. The van der Waals surface area contributed by atoms with Gasteiger partial charge in [-0.05, 0) is 19.8 Å². The highest BCUT2D eigenvalue weighted by atomic mass is 35.5. The van der Waals surface area contributed by atoms with E-state index in [4.69, 9.17) is 11.6 Å². The molecular formula is C13H15ClN4S. The van der Waals surface area contributed by atoms with Gasteiger partial charge < -0.3 is 4.90 Å². The topological polar surface area (TPSA) is 41.9 Å². The van der Waals surface area contributed by atoms with E-state index in [1.165, 1.54) is 11.4 Å². The minimum absolute atomic E-state index is 0.485. The van der Waals surface area contributed by atoms with Crippen molar-refractivity contribution in [1.82, 2.24) is 15.0 Å². The van der Waals surface area contributed by atoms with E-state index in [0.29, 0.717) is 10.9 Å². The van der Waals surface area contributed by atoms with Crippen LogP contribution in [0.4, 0.5) is 5.82 Å². The number of nitrogens with zero attached hydrogens (tertiary/aromatic N) is 4. The lowest BCUT2D eigenvalue weighted by Crippen LogP contribution is -2.35. The number of thiazole rings is 1. The van der Waals surface area contributed by atoms with Gasteiger partial charge in [0.1, 0.15) is 11.3 Å². The Morgan fingerprint density at radius 2 is 2.37 bits per heavy atom. The zero-order valence-electron chi connectivity index (χ0n) is 10.7. The molecule has 19 heavy (non-hydrogen) atoms. The molecule has 1 unspecified atom stereocenters. The molecule has 4 nitrogen and oxygen atoms in total. The van der Waals surface area contributed by atoms with Crippen LogP contribution >= 0.6 is 22.9 Å². The molecule has 6 heteroatoms. The predicted molar refractivity (Wildman–Crippen MR) is 78.1 cm³/mol. The summed E-state index contributed by atoms with van der Waals surface area (Å²) >= 11 is 7.93. The molecule has 1 atom stereocenters.